The quantitative estimate of drug-likeness (QED) is 0.0218. The van der Waals surface area contributed by atoms with E-state index in [0.29, 0.717) is 19.3 Å². The third-order valence-electron chi connectivity index (χ3n) is 9.41. The average Bonchev–Trinajstić information content (AvgIpc) is 3.18. The van der Waals surface area contributed by atoms with Crippen molar-refractivity contribution in [2.45, 2.75) is 161 Å². The van der Waals surface area contributed by atoms with Gasteiger partial charge in [0.05, 0.1) is 34.4 Å². The Balaban J connectivity index is 4.47. The van der Waals surface area contributed by atoms with Crippen molar-refractivity contribution in [3.05, 3.63) is 97.2 Å². The van der Waals surface area contributed by atoms with Crippen LogP contribution in [0.15, 0.2) is 97.2 Å². The number of ether oxygens (including phenoxy) is 3. The van der Waals surface area contributed by atoms with Crippen molar-refractivity contribution in [1.82, 2.24) is 0 Å². The van der Waals surface area contributed by atoms with E-state index in [4.69, 9.17) is 14.2 Å². The molecule has 58 heavy (non-hydrogen) atoms. The first-order chi connectivity index (χ1) is 28.1. The molecule has 328 valence electrons. The van der Waals surface area contributed by atoms with Gasteiger partial charge < -0.3 is 23.8 Å². The van der Waals surface area contributed by atoms with Crippen LogP contribution in [0.5, 0.6) is 0 Å². The van der Waals surface area contributed by atoms with Crippen molar-refractivity contribution in [3.63, 3.8) is 0 Å². The summed E-state index contributed by atoms with van der Waals surface area (Å²) < 4.78 is 17.2. The second-order valence-corrected chi connectivity index (χ2v) is 15.8. The molecule has 0 rings (SSSR count). The molecule has 0 amide bonds. The Hall–Kier alpha value is -3.75. The van der Waals surface area contributed by atoms with Crippen LogP contribution < -0.4 is 0 Å². The normalized spacial score (nSPS) is 13.9. The Kier molecular flexibility index (Phi) is 37.5. The van der Waals surface area contributed by atoms with Crippen LogP contribution in [-0.2, 0) is 28.6 Å². The fraction of sp³-hybridized carbons (Fsp3) is 0.620. The van der Waals surface area contributed by atoms with Gasteiger partial charge in [-0.05, 0) is 57.8 Å². The summed E-state index contributed by atoms with van der Waals surface area (Å²) in [6, 6.07) is -0.628. The Morgan fingerprint density at radius 2 is 0.983 bits per heavy atom. The number of aliphatic carboxylic acids is 1. The SMILES string of the molecule is CC/C=C/C=C/C=C/C=C/C=C/C=C/C=C/CCCCCC(=O)OCC(COCCC(C(=O)O)[N+](C)(C)C)OC(=O)CCCCCCCCC/C=C/CCCCCC. The topological polar surface area (TPSA) is 99.1 Å². The van der Waals surface area contributed by atoms with Crippen molar-refractivity contribution in [2.75, 3.05) is 41.0 Å². The smallest absolute Gasteiger partial charge is 0.362 e. The van der Waals surface area contributed by atoms with Gasteiger partial charge >= 0.3 is 17.9 Å². The summed E-state index contributed by atoms with van der Waals surface area (Å²) in [5.41, 5.74) is 0. The van der Waals surface area contributed by atoms with Gasteiger partial charge in [0.2, 0.25) is 0 Å². The maximum Gasteiger partial charge on any atom is 0.362 e. The second kappa shape index (κ2) is 40.0. The molecule has 0 aliphatic rings. The number of unbranched alkanes of at least 4 members (excludes halogenated alkanes) is 14. The molecule has 0 aliphatic heterocycles. The van der Waals surface area contributed by atoms with Crippen LogP contribution in [0.2, 0.25) is 0 Å². The molecule has 0 spiro atoms. The van der Waals surface area contributed by atoms with E-state index in [2.05, 4.69) is 38.2 Å². The first kappa shape index (κ1) is 54.2. The fourth-order valence-corrected chi connectivity index (χ4v) is 5.95. The van der Waals surface area contributed by atoms with E-state index in [1.165, 1.54) is 64.2 Å². The summed E-state index contributed by atoms with van der Waals surface area (Å²) in [5, 5.41) is 9.62. The molecule has 0 aromatic carbocycles. The van der Waals surface area contributed by atoms with Gasteiger partial charge in [-0.3, -0.25) is 9.59 Å². The minimum absolute atomic E-state index is 0.0381. The van der Waals surface area contributed by atoms with Crippen molar-refractivity contribution in [3.8, 4) is 0 Å². The zero-order valence-electron chi connectivity index (χ0n) is 37.2. The highest BCUT2D eigenvalue weighted by Gasteiger charge is 2.31. The Bertz CT molecular complexity index is 1260. The second-order valence-electron chi connectivity index (χ2n) is 15.8. The van der Waals surface area contributed by atoms with Gasteiger partial charge in [0.25, 0.3) is 0 Å². The Labute approximate surface area is 354 Å². The number of allylic oxidation sites excluding steroid dienone is 16. The van der Waals surface area contributed by atoms with Crippen molar-refractivity contribution in [1.29, 1.82) is 0 Å². The zero-order valence-corrected chi connectivity index (χ0v) is 37.2. The molecule has 0 fully saturated rings. The van der Waals surface area contributed by atoms with Crippen LogP contribution in [0.4, 0.5) is 0 Å². The Morgan fingerprint density at radius 1 is 0.534 bits per heavy atom. The third kappa shape index (κ3) is 37.8. The minimum atomic E-state index is -0.887. The zero-order chi connectivity index (χ0) is 42.8. The standard InChI is InChI=1S/C50H81NO7/c1-6-8-10-12-14-16-18-20-22-23-24-25-27-28-30-32-34-36-38-40-48(52)57-45-46(44-56-43-42-47(50(54)55)51(3,4)5)58-49(53)41-39-37-35-33-31-29-26-21-19-17-15-13-11-9-7-2/h8,10,12,14,16-20,22-25,27-28,30,46-47H,6-7,9,11,13,15,21,26,29,31-45H2,1-5H3/p+1/b10-8+,14-12+,18-16+,19-17+,22-20+,24-23+,27-25+,30-28+. The largest absolute Gasteiger partial charge is 0.477 e. The van der Waals surface area contributed by atoms with Crippen LogP contribution >= 0.6 is 0 Å². The number of carboxylic acid groups (broad SMARTS) is 1. The van der Waals surface area contributed by atoms with Crippen LogP contribution in [0.25, 0.3) is 0 Å². The molecular weight excluding hydrogens is 727 g/mol. The summed E-state index contributed by atoms with van der Waals surface area (Å²) in [5.74, 6) is -1.54. The highest BCUT2D eigenvalue weighted by Crippen LogP contribution is 2.13. The van der Waals surface area contributed by atoms with Crippen LogP contribution in [-0.4, -0.2) is 80.6 Å². The lowest BCUT2D eigenvalue weighted by molar-refractivity contribution is -0.887. The van der Waals surface area contributed by atoms with Crippen LogP contribution in [0, 0.1) is 0 Å². The molecule has 0 radical (unpaired) electrons. The van der Waals surface area contributed by atoms with E-state index in [0.717, 1.165) is 51.4 Å². The molecule has 0 saturated heterocycles. The molecule has 0 saturated carbocycles. The van der Waals surface area contributed by atoms with E-state index < -0.39 is 18.1 Å². The lowest BCUT2D eigenvalue weighted by atomic mass is 10.1. The maximum absolute atomic E-state index is 12.7. The fourth-order valence-electron chi connectivity index (χ4n) is 5.95. The number of hydrogen-bond donors (Lipinski definition) is 1. The molecule has 2 unspecified atom stereocenters. The monoisotopic (exact) mass is 809 g/mol. The summed E-state index contributed by atoms with van der Waals surface area (Å²) >= 11 is 0. The summed E-state index contributed by atoms with van der Waals surface area (Å²) in [6.07, 6.45) is 53.0. The van der Waals surface area contributed by atoms with Crippen molar-refractivity contribution < 1.29 is 38.2 Å². The number of carboxylic acids is 1. The number of esters is 2. The highest BCUT2D eigenvalue weighted by molar-refractivity contribution is 5.72. The van der Waals surface area contributed by atoms with E-state index >= 15 is 0 Å². The molecule has 0 aromatic rings. The molecule has 2 atom stereocenters. The molecular formula is C50H82NO7+. The molecule has 1 N–H and O–H groups in total. The lowest BCUT2D eigenvalue weighted by Gasteiger charge is -2.31. The van der Waals surface area contributed by atoms with Gasteiger partial charge in [-0.2, -0.15) is 0 Å². The predicted octanol–water partition coefficient (Wildman–Crippen LogP) is 12.3. The minimum Gasteiger partial charge on any atom is -0.477 e. The van der Waals surface area contributed by atoms with Gasteiger partial charge in [-0.1, -0.05) is 169 Å². The molecule has 8 nitrogen and oxygen atoms in total. The summed E-state index contributed by atoms with van der Waals surface area (Å²) in [6.45, 7) is 4.50. The van der Waals surface area contributed by atoms with Gasteiger partial charge in [0.15, 0.2) is 12.1 Å². The van der Waals surface area contributed by atoms with Gasteiger partial charge in [0, 0.05) is 19.3 Å². The third-order valence-corrected chi connectivity index (χ3v) is 9.41. The number of nitrogens with zero attached hydrogens (tertiary/aromatic N) is 1. The number of carbonyl (C=O) groups excluding carboxylic acids is 2. The summed E-state index contributed by atoms with van der Waals surface area (Å²) in [7, 11) is 5.50. The van der Waals surface area contributed by atoms with Gasteiger partial charge in [0.1, 0.15) is 6.61 Å². The number of quaternary nitrogens is 1. The number of likely N-dealkylation sites (N-methyl/N-ethyl adjacent to an activating group) is 1. The summed E-state index contributed by atoms with van der Waals surface area (Å²) in [4.78, 5) is 37.0. The number of hydrogen-bond acceptors (Lipinski definition) is 6. The molecule has 0 aliphatic carbocycles. The lowest BCUT2D eigenvalue weighted by Crippen LogP contribution is -2.50. The van der Waals surface area contributed by atoms with E-state index in [9.17, 15) is 19.5 Å². The van der Waals surface area contributed by atoms with Crippen molar-refractivity contribution in [2.24, 2.45) is 0 Å². The maximum atomic E-state index is 12.7. The Morgan fingerprint density at radius 3 is 1.50 bits per heavy atom. The number of carbonyl (C=O) groups is 3. The first-order valence-electron chi connectivity index (χ1n) is 22.4. The number of rotatable bonds is 38. The van der Waals surface area contributed by atoms with E-state index in [1.54, 1.807) is 0 Å². The van der Waals surface area contributed by atoms with Crippen molar-refractivity contribution >= 4 is 17.9 Å². The van der Waals surface area contributed by atoms with Gasteiger partial charge in [-0.15, -0.1) is 0 Å². The molecule has 0 aromatic heterocycles. The molecule has 0 heterocycles. The highest BCUT2D eigenvalue weighted by atomic mass is 16.6. The predicted molar refractivity (Wildman–Crippen MR) is 243 cm³/mol. The molecule has 0 bridgehead atoms. The van der Waals surface area contributed by atoms with E-state index in [1.807, 2.05) is 94.1 Å². The first-order valence-corrected chi connectivity index (χ1v) is 22.4. The van der Waals surface area contributed by atoms with Crippen LogP contribution in [0.1, 0.15) is 149 Å². The average molecular weight is 809 g/mol. The van der Waals surface area contributed by atoms with E-state index in [-0.39, 0.29) is 36.2 Å². The molecule has 8 heteroatoms. The van der Waals surface area contributed by atoms with Crippen LogP contribution in [0.3, 0.4) is 0 Å². The van der Waals surface area contributed by atoms with Gasteiger partial charge in [-0.25, -0.2) is 4.79 Å².